The van der Waals surface area contributed by atoms with Crippen LogP contribution in [0.4, 0.5) is 0 Å². The highest BCUT2D eigenvalue weighted by molar-refractivity contribution is 7.20. The molecule has 0 fully saturated rings. The fraction of sp³-hybridized carbons (Fsp3) is 0.217. The number of fused-ring (bicyclic) bond motifs is 1. The number of rotatable bonds is 7. The first kappa shape index (κ1) is 19.2. The van der Waals surface area contributed by atoms with Crippen LogP contribution < -0.4 is 10.1 Å². The molecule has 2 heterocycles. The highest BCUT2D eigenvalue weighted by atomic mass is 32.1. The molecule has 0 aliphatic rings. The van der Waals surface area contributed by atoms with Gasteiger partial charge in [0.05, 0.1) is 10.6 Å². The second-order valence-corrected chi connectivity index (χ2v) is 7.99. The van der Waals surface area contributed by atoms with Gasteiger partial charge < -0.3 is 10.1 Å². The van der Waals surface area contributed by atoms with Crippen molar-refractivity contribution in [2.75, 3.05) is 6.54 Å². The van der Waals surface area contributed by atoms with E-state index in [1.807, 2.05) is 79.3 Å². The Hall–Kier alpha value is -3.12. The molecule has 4 rings (SSSR count). The van der Waals surface area contributed by atoms with Crippen molar-refractivity contribution in [1.82, 2.24) is 15.1 Å². The molecule has 0 aliphatic heterocycles. The number of carbonyl (C=O) groups is 1. The predicted octanol–water partition coefficient (Wildman–Crippen LogP) is 4.49. The van der Waals surface area contributed by atoms with Gasteiger partial charge in [-0.2, -0.15) is 5.10 Å². The zero-order chi connectivity index (χ0) is 20.2. The molecule has 0 saturated heterocycles. The summed E-state index contributed by atoms with van der Waals surface area (Å²) in [5.74, 6) is 0.810. The number of thiophene rings is 1. The maximum Gasteiger partial charge on any atom is 0.261 e. The number of nitrogens with zero attached hydrogens (tertiary/aromatic N) is 2. The maximum atomic E-state index is 12.4. The van der Waals surface area contributed by atoms with Crippen LogP contribution in [0.25, 0.3) is 10.2 Å². The Bertz CT molecular complexity index is 1080. The number of aromatic nitrogens is 2. The van der Waals surface area contributed by atoms with Crippen LogP contribution in [-0.4, -0.2) is 22.2 Å². The number of hydrogen-bond donors (Lipinski definition) is 1. The van der Waals surface area contributed by atoms with E-state index in [9.17, 15) is 4.79 Å². The smallest absolute Gasteiger partial charge is 0.261 e. The molecule has 0 atom stereocenters. The van der Waals surface area contributed by atoms with E-state index in [0.717, 1.165) is 44.1 Å². The standard InChI is InChI=1S/C23H23N3O2S/c1-16-20-14-21(29-23(20)26(2)25-16)22(27)24-13-12-17-8-10-19(11-9-17)28-15-18-6-4-3-5-7-18/h3-11,14H,12-13,15H2,1-2H3,(H,24,27). The highest BCUT2D eigenvalue weighted by Gasteiger charge is 2.14. The second kappa shape index (κ2) is 8.49. The average Bonchev–Trinajstić information content (AvgIpc) is 3.29. The monoisotopic (exact) mass is 405 g/mol. The van der Waals surface area contributed by atoms with E-state index in [0.29, 0.717) is 13.2 Å². The van der Waals surface area contributed by atoms with Crippen molar-refractivity contribution < 1.29 is 9.53 Å². The van der Waals surface area contributed by atoms with Gasteiger partial charge in [-0.25, -0.2) is 0 Å². The minimum absolute atomic E-state index is 0.0339. The Morgan fingerprint density at radius 3 is 2.59 bits per heavy atom. The van der Waals surface area contributed by atoms with Crippen LogP contribution >= 0.6 is 11.3 Å². The summed E-state index contributed by atoms with van der Waals surface area (Å²) in [5, 5.41) is 8.43. The van der Waals surface area contributed by atoms with Gasteiger partial charge >= 0.3 is 0 Å². The van der Waals surface area contributed by atoms with Gasteiger partial charge in [0.1, 0.15) is 17.2 Å². The molecule has 0 unspecified atom stereocenters. The van der Waals surface area contributed by atoms with E-state index >= 15 is 0 Å². The number of benzene rings is 2. The van der Waals surface area contributed by atoms with E-state index in [4.69, 9.17) is 4.74 Å². The van der Waals surface area contributed by atoms with Crippen molar-refractivity contribution in [3.63, 3.8) is 0 Å². The molecule has 0 radical (unpaired) electrons. The van der Waals surface area contributed by atoms with Gasteiger partial charge in [-0.1, -0.05) is 42.5 Å². The molecule has 0 spiro atoms. The average molecular weight is 406 g/mol. The van der Waals surface area contributed by atoms with Crippen molar-refractivity contribution in [3.8, 4) is 5.75 Å². The predicted molar refractivity (Wildman–Crippen MR) is 117 cm³/mol. The zero-order valence-electron chi connectivity index (χ0n) is 16.5. The number of carbonyl (C=O) groups excluding carboxylic acids is 1. The number of nitrogens with one attached hydrogen (secondary N) is 1. The van der Waals surface area contributed by atoms with Crippen LogP contribution in [0.2, 0.25) is 0 Å². The van der Waals surface area contributed by atoms with Crippen LogP contribution in [0, 0.1) is 6.92 Å². The van der Waals surface area contributed by atoms with Gasteiger partial charge in [-0.3, -0.25) is 9.48 Å². The third-order valence-electron chi connectivity index (χ3n) is 4.79. The van der Waals surface area contributed by atoms with Gasteiger partial charge in [-0.05, 0) is 42.7 Å². The van der Waals surface area contributed by atoms with Gasteiger partial charge in [0.25, 0.3) is 5.91 Å². The molecule has 29 heavy (non-hydrogen) atoms. The quantitative estimate of drug-likeness (QED) is 0.493. The van der Waals surface area contributed by atoms with Crippen LogP contribution in [0.3, 0.4) is 0 Å². The minimum Gasteiger partial charge on any atom is -0.489 e. The normalized spacial score (nSPS) is 11.0. The zero-order valence-corrected chi connectivity index (χ0v) is 17.3. The summed E-state index contributed by atoms with van der Waals surface area (Å²) >= 11 is 1.48. The fourth-order valence-electron chi connectivity index (χ4n) is 3.22. The molecular weight excluding hydrogens is 382 g/mol. The largest absolute Gasteiger partial charge is 0.489 e. The van der Waals surface area contributed by atoms with Crippen molar-refractivity contribution >= 4 is 27.5 Å². The lowest BCUT2D eigenvalue weighted by molar-refractivity contribution is 0.0958. The third-order valence-corrected chi connectivity index (χ3v) is 5.99. The SMILES string of the molecule is Cc1nn(C)c2sc(C(=O)NCCc3ccc(OCc4ccccc4)cc3)cc12. The molecule has 5 nitrogen and oxygen atoms in total. The summed E-state index contributed by atoms with van der Waals surface area (Å²) in [6.07, 6.45) is 0.774. The molecular formula is C23H23N3O2S. The summed E-state index contributed by atoms with van der Waals surface area (Å²) in [6, 6.07) is 20.1. The number of amides is 1. The summed E-state index contributed by atoms with van der Waals surface area (Å²) in [6.45, 7) is 3.11. The summed E-state index contributed by atoms with van der Waals surface area (Å²) in [4.78, 5) is 14.2. The first-order valence-electron chi connectivity index (χ1n) is 9.57. The molecule has 0 saturated carbocycles. The number of aryl methyl sites for hydroxylation is 2. The molecule has 1 N–H and O–H groups in total. The first-order chi connectivity index (χ1) is 14.1. The topological polar surface area (TPSA) is 56.2 Å². The lowest BCUT2D eigenvalue weighted by atomic mass is 10.1. The van der Waals surface area contributed by atoms with Crippen LogP contribution in [-0.2, 0) is 20.1 Å². The number of hydrogen-bond acceptors (Lipinski definition) is 4. The summed E-state index contributed by atoms with van der Waals surface area (Å²) < 4.78 is 7.64. The van der Waals surface area contributed by atoms with Crippen LogP contribution in [0.1, 0.15) is 26.5 Å². The van der Waals surface area contributed by atoms with Gasteiger partial charge in [0, 0.05) is 19.0 Å². The summed E-state index contributed by atoms with van der Waals surface area (Å²) in [5.41, 5.74) is 3.26. The molecule has 2 aromatic carbocycles. The van der Waals surface area contributed by atoms with E-state index in [-0.39, 0.29) is 5.91 Å². The fourth-order valence-corrected chi connectivity index (χ4v) is 4.26. The molecule has 148 valence electrons. The Kier molecular flexibility index (Phi) is 5.62. The molecule has 2 aromatic heterocycles. The molecule has 0 bridgehead atoms. The summed E-state index contributed by atoms with van der Waals surface area (Å²) in [7, 11) is 1.90. The Morgan fingerprint density at radius 1 is 1.10 bits per heavy atom. The molecule has 4 aromatic rings. The van der Waals surface area contributed by atoms with Crippen LogP contribution in [0.15, 0.2) is 60.7 Å². The van der Waals surface area contributed by atoms with E-state index in [1.54, 1.807) is 0 Å². The van der Waals surface area contributed by atoms with Crippen molar-refractivity contribution in [1.29, 1.82) is 0 Å². The Balaban J connectivity index is 1.27. The molecule has 0 aliphatic carbocycles. The van der Waals surface area contributed by atoms with E-state index in [2.05, 4.69) is 10.4 Å². The Labute approximate surface area is 173 Å². The minimum atomic E-state index is -0.0339. The molecule has 6 heteroatoms. The number of ether oxygens (including phenoxy) is 1. The van der Waals surface area contributed by atoms with Crippen molar-refractivity contribution in [2.24, 2.45) is 7.05 Å². The molecule has 1 amide bonds. The van der Waals surface area contributed by atoms with Crippen molar-refractivity contribution in [2.45, 2.75) is 20.0 Å². The first-order valence-corrected chi connectivity index (χ1v) is 10.4. The lowest BCUT2D eigenvalue weighted by Crippen LogP contribution is -2.24. The van der Waals surface area contributed by atoms with Gasteiger partial charge in [0.2, 0.25) is 0 Å². The van der Waals surface area contributed by atoms with E-state index in [1.165, 1.54) is 11.3 Å². The maximum absolute atomic E-state index is 12.4. The van der Waals surface area contributed by atoms with Crippen LogP contribution in [0.5, 0.6) is 5.75 Å². The van der Waals surface area contributed by atoms with E-state index < -0.39 is 0 Å². The van der Waals surface area contributed by atoms with Gasteiger partial charge in [-0.15, -0.1) is 11.3 Å². The highest BCUT2D eigenvalue weighted by Crippen LogP contribution is 2.27. The lowest BCUT2D eigenvalue weighted by Gasteiger charge is -2.08. The Morgan fingerprint density at radius 2 is 1.86 bits per heavy atom. The van der Waals surface area contributed by atoms with Gasteiger partial charge in [0.15, 0.2) is 0 Å². The third kappa shape index (κ3) is 4.49. The second-order valence-electron chi connectivity index (χ2n) is 6.96. The van der Waals surface area contributed by atoms with Crippen molar-refractivity contribution in [3.05, 3.63) is 82.4 Å².